The molecule has 0 saturated heterocycles. The fourth-order valence-corrected chi connectivity index (χ4v) is 3.04. The van der Waals surface area contributed by atoms with Gasteiger partial charge < -0.3 is 15.2 Å². The third-order valence-corrected chi connectivity index (χ3v) is 4.11. The normalized spacial score (nSPS) is 19.1. The molecule has 0 radical (unpaired) electrons. The van der Waals surface area contributed by atoms with Gasteiger partial charge in [0.2, 0.25) is 0 Å². The number of carbonyl (C=O) groups excluding carboxylic acids is 1. The van der Waals surface area contributed by atoms with Crippen molar-refractivity contribution < 1.29 is 19.4 Å². The van der Waals surface area contributed by atoms with E-state index in [1.165, 1.54) is 0 Å². The van der Waals surface area contributed by atoms with Crippen LogP contribution in [0.5, 0.6) is 0 Å². The number of alkyl halides is 1. The lowest BCUT2D eigenvalue weighted by Crippen LogP contribution is -2.41. The van der Waals surface area contributed by atoms with Crippen LogP contribution in [0.15, 0.2) is 0 Å². The fourth-order valence-electron chi connectivity index (χ4n) is 2.74. The summed E-state index contributed by atoms with van der Waals surface area (Å²) < 4.78 is 5.00. The molecule has 20 heavy (non-hydrogen) atoms. The minimum absolute atomic E-state index is 0.0898. The Labute approximate surface area is 125 Å². The highest BCUT2D eigenvalue weighted by Gasteiger charge is 2.35. The number of carboxylic acids is 1. The number of nitrogens with one attached hydrogen (secondary N) is 1. The lowest BCUT2D eigenvalue weighted by atomic mass is 9.72. The summed E-state index contributed by atoms with van der Waals surface area (Å²) in [5.74, 6) is -0.816. The average Bonchev–Trinajstić information content (AvgIpc) is 2.37. The number of carboxylic acid groups (broad SMARTS) is 1. The molecular weight excluding hydrogens is 282 g/mol. The quantitative estimate of drug-likeness (QED) is 0.706. The molecular formula is C14H24ClNO4. The molecule has 1 saturated carbocycles. The van der Waals surface area contributed by atoms with Crippen molar-refractivity contribution in [2.24, 2.45) is 5.41 Å². The maximum atomic E-state index is 11.6. The van der Waals surface area contributed by atoms with Gasteiger partial charge in [-0.3, -0.25) is 4.79 Å². The Kier molecular flexibility index (Phi) is 7.13. The number of halogens is 1. The van der Waals surface area contributed by atoms with E-state index in [-0.39, 0.29) is 11.8 Å². The molecule has 1 atom stereocenters. The van der Waals surface area contributed by atoms with Crippen LogP contribution in [0, 0.1) is 5.41 Å². The molecule has 0 aromatic carbocycles. The molecule has 0 spiro atoms. The molecule has 1 unspecified atom stereocenters. The van der Waals surface area contributed by atoms with Crippen molar-refractivity contribution in [3.63, 3.8) is 0 Å². The number of hydrogen-bond acceptors (Lipinski definition) is 3. The Balaban J connectivity index is 2.45. The Morgan fingerprint density at radius 1 is 1.35 bits per heavy atom. The van der Waals surface area contributed by atoms with Gasteiger partial charge >= 0.3 is 12.1 Å². The van der Waals surface area contributed by atoms with Crippen LogP contribution >= 0.6 is 11.6 Å². The molecule has 2 N–H and O–H groups in total. The van der Waals surface area contributed by atoms with E-state index in [0.29, 0.717) is 13.0 Å². The smallest absolute Gasteiger partial charge is 0.408 e. The van der Waals surface area contributed by atoms with E-state index in [0.717, 1.165) is 38.5 Å². The van der Waals surface area contributed by atoms with Crippen LogP contribution in [-0.4, -0.2) is 29.3 Å². The van der Waals surface area contributed by atoms with E-state index in [1.807, 2.05) is 6.92 Å². The van der Waals surface area contributed by atoms with Crippen LogP contribution in [0.25, 0.3) is 0 Å². The van der Waals surface area contributed by atoms with Crippen LogP contribution in [-0.2, 0) is 9.53 Å². The minimum Gasteiger partial charge on any atom is -0.481 e. The number of amides is 1. The number of hydrogen-bond donors (Lipinski definition) is 2. The number of aliphatic carboxylic acids is 1. The van der Waals surface area contributed by atoms with Crippen molar-refractivity contribution in [1.29, 1.82) is 0 Å². The van der Waals surface area contributed by atoms with E-state index >= 15 is 0 Å². The lowest BCUT2D eigenvalue weighted by Gasteiger charge is -2.36. The molecule has 0 aromatic rings. The number of alkyl carbamates (subject to hydrolysis) is 1. The molecule has 0 aromatic heterocycles. The molecule has 1 fully saturated rings. The molecule has 0 bridgehead atoms. The van der Waals surface area contributed by atoms with Gasteiger partial charge in [0.05, 0.1) is 6.42 Å². The molecule has 6 heteroatoms. The summed E-state index contributed by atoms with van der Waals surface area (Å²) in [4.78, 5) is 22.6. The van der Waals surface area contributed by atoms with Crippen LogP contribution in [0.1, 0.15) is 58.3 Å². The van der Waals surface area contributed by atoms with Crippen molar-refractivity contribution in [1.82, 2.24) is 5.32 Å². The first-order valence-electron chi connectivity index (χ1n) is 7.28. The molecule has 1 aliphatic carbocycles. The van der Waals surface area contributed by atoms with Crippen LogP contribution in [0.4, 0.5) is 4.79 Å². The van der Waals surface area contributed by atoms with E-state index in [2.05, 4.69) is 5.32 Å². The Morgan fingerprint density at radius 2 is 2.00 bits per heavy atom. The number of rotatable bonds is 7. The molecule has 0 heterocycles. The maximum Gasteiger partial charge on any atom is 0.408 e. The van der Waals surface area contributed by atoms with Crippen molar-refractivity contribution in [2.75, 3.05) is 6.54 Å². The third kappa shape index (κ3) is 5.99. The lowest BCUT2D eigenvalue weighted by molar-refractivity contribution is -0.140. The van der Waals surface area contributed by atoms with Gasteiger partial charge in [0.15, 0.2) is 5.56 Å². The first-order chi connectivity index (χ1) is 9.47. The van der Waals surface area contributed by atoms with Crippen molar-refractivity contribution in [3.05, 3.63) is 0 Å². The second-order valence-electron chi connectivity index (χ2n) is 5.59. The summed E-state index contributed by atoms with van der Waals surface area (Å²) in [6, 6.07) is 0. The van der Waals surface area contributed by atoms with Crippen molar-refractivity contribution >= 4 is 23.7 Å². The van der Waals surface area contributed by atoms with Gasteiger partial charge in [-0.1, -0.05) is 44.2 Å². The van der Waals surface area contributed by atoms with Gasteiger partial charge in [0.1, 0.15) is 0 Å². The third-order valence-electron chi connectivity index (χ3n) is 3.80. The number of ether oxygens (including phenoxy) is 1. The summed E-state index contributed by atoms with van der Waals surface area (Å²) in [5, 5.41) is 11.7. The zero-order valence-corrected chi connectivity index (χ0v) is 12.7. The molecule has 1 amide bonds. The summed E-state index contributed by atoms with van der Waals surface area (Å²) in [7, 11) is 0. The predicted molar refractivity (Wildman–Crippen MR) is 76.8 cm³/mol. The maximum absolute atomic E-state index is 11.6. The van der Waals surface area contributed by atoms with Crippen LogP contribution < -0.4 is 5.32 Å². The molecule has 1 rings (SSSR count). The molecule has 1 aliphatic rings. The highest BCUT2D eigenvalue weighted by atomic mass is 35.5. The van der Waals surface area contributed by atoms with Crippen LogP contribution in [0.3, 0.4) is 0 Å². The summed E-state index contributed by atoms with van der Waals surface area (Å²) in [6.45, 7) is 2.30. The SMILES string of the molecule is CCCC(Cl)OC(=O)NCC1(CC(=O)O)CCCCC1. The summed E-state index contributed by atoms with van der Waals surface area (Å²) in [5.41, 5.74) is -0.961. The van der Waals surface area contributed by atoms with E-state index < -0.39 is 17.6 Å². The molecule has 116 valence electrons. The highest BCUT2D eigenvalue weighted by Crippen LogP contribution is 2.38. The van der Waals surface area contributed by atoms with Gasteiger partial charge in [-0.05, 0) is 24.7 Å². The van der Waals surface area contributed by atoms with Crippen molar-refractivity contribution in [2.45, 2.75) is 63.9 Å². The highest BCUT2D eigenvalue weighted by molar-refractivity contribution is 6.20. The monoisotopic (exact) mass is 305 g/mol. The second-order valence-corrected chi connectivity index (χ2v) is 6.08. The first kappa shape index (κ1) is 17.1. The zero-order chi connectivity index (χ0) is 15.0. The minimum atomic E-state index is -0.816. The molecule has 0 aliphatic heterocycles. The standard InChI is InChI=1S/C14H24ClNO4/c1-2-6-11(15)20-13(19)16-10-14(9-12(17)18)7-4-3-5-8-14/h11H,2-10H2,1H3,(H,16,19)(H,17,18). The molecule has 5 nitrogen and oxygen atoms in total. The average molecular weight is 306 g/mol. The van der Waals surface area contributed by atoms with E-state index in [9.17, 15) is 9.59 Å². The summed E-state index contributed by atoms with van der Waals surface area (Å²) >= 11 is 5.84. The largest absolute Gasteiger partial charge is 0.481 e. The number of carbonyl (C=O) groups is 2. The van der Waals surface area contributed by atoms with Gasteiger partial charge in [-0.2, -0.15) is 0 Å². The van der Waals surface area contributed by atoms with E-state index in [4.69, 9.17) is 21.4 Å². The Morgan fingerprint density at radius 3 is 2.55 bits per heavy atom. The predicted octanol–water partition coefficient (Wildman–Crippen LogP) is 3.50. The first-order valence-corrected chi connectivity index (χ1v) is 7.71. The van der Waals surface area contributed by atoms with Gasteiger partial charge in [-0.15, -0.1) is 0 Å². The Hall–Kier alpha value is -0.970. The Bertz CT molecular complexity index is 329. The van der Waals surface area contributed by atoms with Crippen molar-refractivity contribution in [3.8, 4) is 0 Å². The zero-order valence-electron chi connectivity index (χ0n) is 12.0. The van der Waals surface area contributed by atoms with Gasteiger partial charge in [-0.25, -0.2) is 4.79 Å². The van der Waals surface area contributed by atoms with Gasteiger partial charge in [0.25, 0.3) is 0 Å². The topological polar surface area (TPSA) is 75.6 Å². The second kappa shape index (κ2) is 8.35. The van der Waals surface area contributed by atoms with E-state index in [1.54, 1.807) is 0 Å². The summed E-state index contributed by atoms with van der Waals surface area (Å²) in [6.07, 6.45) is 5.79. The van der Waals surface area contributed by atoms with Gasteiger partial charge in [0, 0.05) is 6.54 Å². The van der Waals surface area contributed by atoms with Crippen LogP contribution in [0.2, 0.25) is 0 Å². The fraction of sp³-hybridized carbons (Fsp3) is 0.857.